The van der Waals surface area contributed by atoms with Crippen LogP contribution in [-0.4, -0.2) is 25.8 Å². The Kier molecular flexibility index (Phi) is 7.53. The lowest BCUT2D eigenvalue weighted by Gasteiger charge is -2.19. The van der Waals surface area contributed by atoms with Crippen LogP contribution in [-0.2, 0) is 11.3 Å². The molecule has 1 atom stereocenters. The fourth-order valence-corrected chi connectivity index (χ4v) is 1.97. The summed E-state index contributed by atoms with van der Waals surface area (Å²) >= 11 is 0. The summed E-state index contributed by atoms with van der Waals surface area (Å²) in [5.41, 5.74) is 1.15. The summed E-state index contributed by atoms with van der Waals surface area (Å²) in [5.74, 6) is 0.879. The lowest BCUT2D eigenvalue weighted by atomic mass is 10.1. The maximum absolute atomic E-state index is 5.85. The van der Waals surface area contributed by atoms with E-state index in [0.717, 1.165) is 17.9 Å². The van der Waals surface area contributed by atoms with Gasteiger partial charge in [-0.3, -0.25) is 0 Å². The lowest BCUT2D eigenvalue weighted by molar-refractivity contribution is 0.0510. The molecule has 0 saturated carbocycles. The number of ether oxygens (including phenoxy) is 2. The molecular weight excluding hydrogens is 238 g/mol. The Labute approximate surface area is 117 Å². The topological polar surface area (TPSA) is 30.5 Å². The highest BCUT2D eigenvalue weighted by Gasteiger charge is 2.07. The molecule has 0 amide bonds. The van der Waals surface area contributed by atoms with E-state index in [9.17, 15) is 0 Å². The summed E-state index contributed by atoms with van der Waals surface area (Å²) < 4.78 is 11.1. The quantitative estimate of drug-likeness (QED) is 0.742. The van der Waals surface area contributed by atoms with Gasteiger partial charge in [-0.05, 0) is 37.5 Å². The Morgan fingerprint density at radius 2 is 1.95 bits per heavy atom. The minimum Gasteiger partial charge on any atom is -0.497 e. The van der Waals surface area contributed by atoms with Crippen LogP contribution in [0.15, 0.2) is 24.3 Å². The number of benzene rings is 1. The molecular formula is C16H27NO2. The zero-order valence-corrected chi connectivity index (χ0v) is 12.6. The number of hydrogen-bond acceptors (Lipinski definition) is 3. The molecule has 1 N–H and O–H groups in total. The molecule has 19 heavy (non-hydrogen) atoms. The van der Waals surface area contributed by atoms with Crippen molar-refractivity contribution in [3.8, 4) is 5.75 Å². The van der Waals surface area contributed by atoms with Gasteiger partial charge >= 0.3 is 0 Å². The van der Waals surface area contributed by atoms with Crippen LogP contribution in [0.25, 0.3) is 0 Å². The number of nitrogens with one attached hydrogen (secondary N) is 1. The average Bonchev–Trinajstić information content (AvgIpc) is 2.46. The van der Waals surface area contributed by atoms with Crippen LogP contribution in [0.2, 0.25) is 0 Å². The van der Waals surface area contributed by atoms with Crippen LogP contribution in [0.3, 0.4) is 0 Å². The highest BCUT2D eigenvalue weighted by molar-refractivity contribution is 5.27. The van der Waals surface area contributed by atoms with Gasteiger partial charge in [0.25, 0.3) is 0 Å². The van der Waals surface area contributed by atoms with Crippen molar-refractivity contribution in [1.29, 1.82) is 0 Å². The maximum Gasteiger partial charge on any atom is 0.119 e. The Morgan fingerprint density at radius 1 is 1.21 bits per heavy atom. The molecule has 3 nitrogen and oxygen atoms in total. The zero-order chi connectivity index (χ0) is 14.1. The van der Waals surface area contributed by atoms with Crippen molar-refractivity contribution in [3.05, 3.63) is 29.8 Å². The second-order valence-corrected chi connectivity index (χ2v) is 4.89. The molecule has 0 aromatic heterocycles. The largest absolute Gasteiger partial charge is 0.497 e. The predicted molar refractivity (Wildman–Crippen MR) is 79.6 cm³/mol. The normalized spacial score (nSPS) is 12.7. The monoisotopic (exact) mass is 265 g/mol. The van der Waals surface area contributed by atoms with E-state index in [4.69, 9.17) is 9.47 Å². The number of methoxy groups -OCH3 is 1. The van der Waals surface area contributed by atoms with Gasteiger partial charge in [0.1, 0.15) is 5.75 Å². The molecule has 0 bridgehead atoms. The lowest BCUT2D eigenvalue weighted by Crippen LogP contribution is -2.34. The molecule has 0 spiro atoms. The second kappa shape index (κ2) is 8.94. The molecule has 3 heteroatoms. The molecule has 0 aliphatic heterocycles. The van der Waals surface area contributed by atoms with E-state index in [1.165, 1.54) is 12.8 Å². The summed E-state index contributed by atoms with van der Waals surface area (Å²) in [5, 5.41) is 3.53. The van der Waals surface area contributed by atoms with Gasteiger partial charge in [0, 0.05) is 12.6 Å². The van der Waals surface area contributed by atoms with Crippen LogP contribution in [0, 0.1) is 0 Å². The van der Waals surface area contributed by atoms with E-state index >= 15 is 0 Å². The minimum atomic E-state index is 0.215. The fraction of sp³-hybridized carbons (Fsp3) is 0.625. The van der Waals surface area contributed by atoms with Crippen molar-refractivity contribution >= 4 is 0 Å². The van der Waals surface area contributed by atoms with Gasteiger partial charge < -0.3 is 14.8 Å². The van der Waals surface area contributed by atoms with Crippen LogP contribution >= 0.6 is 0 Å². The standard InChI is InChI=1S/C16H27NO2/c1-5-15(6-2)17-11-13(3)19-12-14-8-7-9-16(10-14)18-4/h7-10,13,15,17H,5-6,11-12H2,1-4H3. The van der Waals surface area contributed by atoms with Crippen LogP contribution in [0.4, 0.5) is 0 Å². The van der Waals surface area contributed by atoms with Gasteiger partial charge in [-0.1, -0.05) is 26.0 Å². The molecule has 1 rings (SSSR count). The van der Waals surface area contributed by atoms with E-state index in [1.807, 2.05) is 18.2 Å². The maximum atomic E-state index is 5.85. The van der Waals surface area contributed by atoms with E-state index in [0.29, 0.717) is 12.6 Å². The SMILES string of the molecule is CCC(CC)NCC(C)OCc1cccc(OC)c1. The van der Waals surface area contributed by atoms with Crippen LogP contribution in [0.1, 0.15) is 39.2 Å². The van der Waals surface area contributed by atoms with Crippen molar-refractivity contribution in [3.63, 3.8) is 0 Å². The van der Waals surface area contributed by atoms with Crippen LogP contribution in [0.5, 0.6) is 5.75 Å². The first-order valence-electron chi connectivity index (χ1n) is 7.17. The first-order chi connectivity index (χ1) is 9.19. The van der Waals surface area contributed by atoms with E-state index in [1.54, 1.807) is 7.11 Å². The van der Waals surface area contributed by atoms with Crippen molar-refractivity contribution < 1.29 is 9.47 Å². The third kappa shape index (κ3) is 6.08. The van der Waals surface area contributed by atoms with Crippen molar-refractivity contribution in [2.75, 3.05) is 13.7 Å². The van der Waals surface area contributed by atoms with E-state index < -0.39 is 0 Å². The van der Waals surface area contributed by atoms with E-state index in [-0.39, 0.29) is 6.10 Å². The fourth-order valence-electron chi connectivity index (χ4n) is 1.97. The number of rotatable bonds is 9. The Morgan fingerprint density at radius 3 is 2.58 bits per heavy atom. The van der Waals surface area contributed by atoms with Gasteiger partial charge in [-0.25, -0.2) is 0 Å². The van der Waals surface area contributed by atoms with Gasteiger partial charge in [0.05, 0.1) is 19.8 Å². The Hall–Kier alpha value is -1.06. The molecule has 108 valence electrons. The smallest absolute Gasteiger partial charge is 0.119 e. The molecule has 0 fully saturated rings. The first kappa shape index (κ1) is 16.0. The van der Waals surface area contributed by atoms with E-state index in [2.05, 4.69) is 32.2 Å². The zero-order valence-electron chi connectivity index (χ0n) is 12.6. The summed E-state index contributed by atoms with van der Waals surface area (Å²) in [6.07, 6.45) is 2.55. The molecule has 0 radical (unpaired) electrons. The molecule has 0 saturated heterocycles. The third-order valence-corrected chi connectivity index (χ3v) is 3.35. The molecule has 1 unspecified atom stereocenters. The molecule has 0 heterocycles. The number of hydrogen-bond donors (Lipinski definition) is 1. The van der Waals surface area contributed by atoms with Gasteiger partial charge in [-0.15, -0.1) is 0 Å². The molecule has 1 aromatic rings. The van der Waals surface area contributed by atoms with Gasteiger partial charge in [0.2, 0.25) is 0 Å². The Balaban J connectivity index is 2.31. The van der Waals surface area contributed by atoms with Gasteiger partial charge in [0.15, 0.2) is 0 Å². The van der Waals surface area contributed by atoms with Crippen molar-refractivity contribution in [2.24, 2.45) is 0 Å². The summed E-state index contributed by atoms with van der Waals surface area (Å²) in [4.78, 5) is 0. The summed E-state index contributed by atoms with van der Waals surface area (Å²) in [6.45, 7) is 8.06. The summed E-state index contributed by atoms with van der Waals surface area (Å²) in [7, 11) is 1.68. The molecule has 1 aromatic carbocycles. The highest BCUT2D eigenvalue weighted by Crippen LogP contribution is 2.13. The predicted octanol–water partition coefficient (Wildman–Crippen LogP) is 3.38. The summed E-state index contributed by atoms with van der Waals surface area (Å²) in [6, 6.07) is 8.61. The molecule has 0 aliphatic carbocycles. The van der Waals surface area contributed by atoms with Crippen molar-refractivity contribution in [2.45, 2.75) is 52.4 Å². The third-order valence-electron chi connectivity index (χ3n) is 3.35. The van der Waals surface area contributed by atoms with Gasteiger partial charge in [-0.2, -0.15) is 0 Å². The van der Waals surface area contributed by atoms with Crippen LogP contribution < -0.4 is 10.1 Å². The highest BCUT2D eigenvalue weighted by atomic mass is 16.5. The average molecular weight is 265 g/mol. The Bertz CT molecular complexity index is 350. The molecule has 0 aliphatic rings. The first-order valence-corrected chi connectivity index (χ1v) is 7.17. The van der Waals surface area contributed by atoms with Crippen molar-refractivity contribution in [1.82, 2.24) is 5.32 Å². The minimum absolute atomic E-state index is 0.215. The second-order valence-electron chi connectivity index (χ2n) is 4.89.